The van der Waals surface area contributed by atoms with Gasteiger partial charge in [-0.1, -0.05) is 83.9 Å². The molecule has 4 aromatic rings. The number of anilines is 1. The van der Waals surface area contributed by atoms with Crippen LogP contribution in [-0.2, 0) is 38.8 Å². The molecule has 0 heterocycles. The summed E-state index contributed by atoms with van der Waals surface area (Å²) in [6, 6.07) is 22.9. The smallest absolute Gasteiger partial charge is 0.352 e. The maximum Gasteiger partial charge on any atom is 0.416 e. The first kappa shape index (κ1) is 35.8. The first-order chi connectivity index (χ1) is 22.2. The van der Waals surface area contributed by atoms with Gasteiger partial charge in [-0.15, -0.1) is 0 Å². The maximum atomic E-state index is 14.4. The summed E-state index contributed by atoms with van der Waals surface area (Å²) in [5, 5.41) is 3.29. The lowest BCUT2D eigenvalue weighted by atomic mass is 10.0. The highest BCUT2D eigenvalue weighted by Crippen LogP contribution is 2.33. The molecule has 4 aromatic carbocycles. The molecule has 47 heavy (non-hydrogen) atoms. The van der Waals surface area contributed by atoms with E-state index in [1.165, 1.54) is 47.4 Å². The number of amides is 2. The first-order valence-corrected chi connectivity index (χ1v) is 16.7. The molecule has 0 aliphatic carbocycles. The molecule has 0 saturated carbocycles. The van der Waals surface area contributed by atoms with Crippen LogP contribution in [0.25, 0.3) is 0 Å². The fourth-order valence-electron chi connectivity index (χ4n) is 4.86. The van der Waals surface area contributed by atoms with Crippen LogP contribution >= 0.6 is 23.2 Å². The molecule has 248 valence electrons. The van der Waals surface area contributed by atoms with Crippen molar-refractivity contribution in [2.45, 2.75) is 50.0 Å². The van der Waals surface area contributed by atoms with Crippen LogP contribution in [0.3, 0.4) is 0 Å². The second-order valence-corrected chi connectivity index (χ2v) is 13.7. The van der Waals surface area contributed by atoms with Gasteiger partial charge in [0.15, 0.2) is 0 Å². The molecule has 0 fully saturated rings. The molecule has 0 spiro atoms. The van der Waals surface area contributed by atoms with E-state index in [2.05, 4.69) is 5.32 Å². The number of hydrogen-bond acceptors (Lipinski definition) is 4. The molecule has 0 aliphatic heterocycles. The predicted molar refractivity (Wildman–Crippen MR) is 177 cm³/mol. The highest BCUT2D eigenvalue weighted by Gasteiger charge is 2.36. The fourth-order valence-corrected chi connectivity index (χ4v) is 6.60. The van der Waals surface area contributed by atoms with Crippen LogP contribution in [0.1, 0.15) is 30.5 Å². The number of halogens is 5. The molecule has 1 atom stereocenters. The Bertz CT molecular complexity index is 1810. The van der Waals surface area contributed by atoms with Crippen molar-refractivity contribution in [2.75, 3.05) is 10.8 Å². The fraction of sp³-hybridized carbons (Fsp3) is 0.235. The first-order valence-electron chi connectivity index (χ1n) is 14.5. The number of nitrogens with one attached hydrogen (secondary N) is 1. The van der Waals surface area contributed by atoms with Crippen molar-refractivity contribution < 1.29 is 31.2 Å². The van der Waals surface area contributed by atoms with Gasteiger partial charge in [-0.3, -0.25) is 13.9 Å². The molecule has 2 amide bonds. The monoisotopic (exact) mass is 705 g/mol. The number of rotatable bonds is 12. The van der Waals surface area contributed by atoms with E-state index in [0.29, 0.717) is 15.9 Å². The van der Waals surface area contributed by atoms with Gasteiger partial charge in [0.25, 0.3) is 10.0 Å². The zero-order valence-corrected chi connectivity index (χ0v) is 27.7. The lowest BCUT2D eigenvalue weighted by Crippen LogP contribution is -2.54. The Morgan fingerprint density at radius 3 is 2.04 bits per heavy atom. The Hall–Kier alpha value is -4.06. The molecule has 0 radical (unpaired) electrons. The Kier molecular flexibility index (Phi) is 11.6. The number of hydrogen-bond donors (Lipinski definition) is 1. The highest BCUT2D eigenvalue weighted by atomic mass is 35.5. The summed E-state index contributed by atoms with van der Waals surface area (Å²) < 4.78 is 69.8. The zero-order valence-electron chi connectivity index (χ0n) is 25.4. The summed E-state index contributed by atoms with van der Waals surface area (Å²) in [5.41, 5.74) is -0.269. The summed E-state index contributed by atoms with van der Waals surface area (Å²) in [7, 11) is -4.57. The van der Waals surface area contributed by atoms with Gasteiger partial charge in [0.1, 0.15) is 12.6 Å². The van der Waals surface area contributed by atoms with Crippen LogP contribution in [0, 0.1) is 0 Å². The highest BCUT2D eigenvalue weighted by molar-refractivity contribution is 7.92. The second kappa shape index (κ2) is 15.2. The van der Waals surface area contributed by atoms with Gasteiger partial charge in [0, 0.05) is 19.0 Å². The maximum absolute atomic E-state index is 14.4. The SMILES string of the molecule is CC(C)NC(=O)[C@H](Cc1ccccc1)N(Cc1ccc(Cl)c(Cl)c1)C(=O)CN(c1cccc(C(F)(F)F)c1)S(=O)(=O)c1ccccc1. The van der Waals surface area contributed by atoms with Crippen molar-refractivity contribution in [3.8, 4) is 0 Å². The van der Waals surface area contributed by atoms with Crippen molar-refractivity contribution in [1.82, 2.24) is 10.2 Å². The second-order valence-electron chi connectivity index (χ2n) is 11.0. The van der Waals surface area contributed by atoms with E-state index in [-0.39, 0.29) is 39.6 Å². The lowest BCUT2D eigenvalue weighted by Gasteiger charge is -2.34. The Labute approximate surface area is 282 Å². The summed E-state index contributed by atoms with van der Waals surface area (Å²) in [4.78, 5) is 29.1. The zero-order chi connectivity index (χ0) is 34.4. The van der Waals surface area contributed by atoms with E-state index in [0.717, 1.165) is 17.7 Å². The third-order valence-electron chi connectivity index (χ3n) is 7.11. The molecule has 13 heteroatoms. The molecule has 0 aliphatic rings. The van der Waals surface area contributed by atoms with Crippen molar-refractivity contribution in [1.29, 1.82) is 0 Å². The van der Waals surface area contributed by atoms with Crippen molar-refractivity contribution >= 4 is 50.7 Å². The molecule has 4 rings (SSSR count). The van der Waals surface area contributed by atoms with E-state index < -0.39 is 46.2 Å². The largest absolute Gasteiger partial charge is 0.416 e. The average Bonchev–Trinajstić information content (AvgIpc) is 3.03. The van der Waals surface area contributed by atoms with Crippen LogP contribution in [0.4, 0.5) is 18.9 Å². The van der Waals surface area contributed by atoms with Gasteiger partial charge in [-0.25, -0.2) is 8.42 Å². The van der Waals surface area contributed by atoms with Crippen LogP contribution in [0.2, 0.25) is 10.0 Å². The van der Waals surface area contributed by atoms with Gasteiger partial charge < -0.3 is 10.2 Å². The van der Waals surface area contributed by atoms with Crippen molar-refractivity contribution in [2.24, 2.45) is 0 Å². The molecule has 0 saturated heterocycles. The van der Waals surface area contributed by atoms with Crippen LogP contribution < -0.4 is 9.62 Å². The van der Waals surface area contributed by atoms with Crippen LogP contribution in [0.5, 0.6) is 0 Å². The predicted octanol–water partition coefficient (Wildman–Crippen LogP) is 7.37. The molecule has 0 aromatic heterocycles. The number of benzene rings is 4. The standard InChI is InChI=1S/C34H32Cl2F3N3O4S/c1-23(2)40-33(44)31(19-24-10-5-3-6-11-24)41(21-25-16-17-29(35)30(36)18-25)32(43)22-42(47(45,46)28-14-7-4-8-15-28)27-13-9-12-26(20-27)34(37,38)39/h3-18,20,23,31H,19,21-22H2,1-2H3,(H,40,44)/t31-/m0/s1. The van der Waals surface area contributed by atoms with E-state index >= 15 is 0 Å². The normalized spacial score (nSPS) is 12.4. The van der Waals surface area contributed by atoms with Gasteiger partial charge in [0.05, 0.1) is 26.2 Å². The number of carbonyl (C=O) groups is 2. The summed E-state index contributed by atoms with van der Waals surface area (Å²) in [6.45, 7) is 2.40. The summed E-state index contributed by atoms with van der Waals surface area (Å²) >= 11 is 12.4. The number of alkyl halides is 3. The van der Waals surface area contributed by atoms with E-state index in [4.69, 9.17) is 23.2 Å². The van der Waals surface area contributed by atoms with E-state index in [1.54, 1.807) is 56.3 Å². The number of sulfonamides is 1. The number of nitrogens with zero attached hydrogens (tertiary/aromatic N) is 2. The third kappa shape index (κ3) is 9.27. The Morgan fingerprint density at radius 1 is 0.809 bits per heavy atom. The quantitative estimate of drug-likeness (QED) is 0.167. The Balaban J connectivity index is 1.85. The molecule has 1 N–H and O–H groups in total. The molecular weight excluding hydrogens is 674 g/mol. The lowest BCUT2D eigenvalue weighted by molar-refractivity contribution is -0.140. The van der Waals surface area contributed by atoms with Gasteiger partial charge in [-0.05, 0) is 67.4 Å². The topological polar surface area (TPSA) is 86.8 Å². The van der Waals surface area contributed by atoms with Crippen LogP contribution in [0.15, 0.2) is 108 Å². The van der Waals surface area contributed by atoms with Crippen molar-refractivity contribution in [3.05, 3.63) is 130 Å². The molecule has 0 bridgehead atoms. The molecule has 0 unspecified atom stereocenters. The van der Waals surface area contributed by atoms with E-state index in [1.807, 2.05) is 0 Å². The molecule has 7 nitrogen and oxygen atoms in total. The summed E-state index contributed by atoms with van der Waals surface area (Å²) in [5.74, 6) is -1.35. The third-order valence-corrected chi connectivity index (χ3v) is 9.64. The van der Waals surface area contributed by atoms with Gasteiger partial charge >= 0.3 is 6.18 Å². The Morgan fingerprint density at radius 2 is 1.45 bits per heavy atom. The van der Waals surface area contributed by atoms with E-state index in [9.17, 15) is 31.2 Å². The van der Waals surface area contributed by atoms with Gasteiger partial charge in [0.2, 0.25) is 11.8 Å². The van der Waals surface area contributed by atoms with Gasteiger partial charge in [-0.2, -0.15) is 13.2 Å². The van der Waals surface area contributed by atoms with Crippen LogP contribution in [-0.4, -0.2) is 43.8 Å². The molecular formula is C34H32Cl2F3N3O4S. The van der Waals surface area contributed by atoms with Crippen molar-refractivity contribution in [3.63, 3.8) is 0 Å². The minimum Gasteiger partial charge on any atom is -0.352 e. The minimum atomic E-state index is -4.78. The summed E-state index contributed by atoms with van der Waals surface area (Å²) in [6.07, 6.45) is -4.72. The average molecular weight is 707 g/mol. The number of carbonyl (C=O) groups excluding carboxylic acids is 2. The minimum absolute atomic E-state index is 0.0570.